The minimum absolute atomic E-state index is 0.0834. The third-order valence-corrected chi connectivity index (χ3v) is 4.12. The molecule has 4 heteroatoms. The normalized spacial score (nSPS) is 22.2. The van der Waals surface area contributed by atoms with Crippen molar-refractivity contribution in [2.75, 3.05) is 26.2 Å². The summed E-state index contributed by atoms with van der Waals surface area (Å²) < 4.78 is 0. The van der Waals surface area contributed by atoms with Crippen molar-refractivity contribution in [3.63, 3.8) is 0 Å². The van der Waals surface area contributed by atoms with Crippen LogP contribution in [0.1, 0.15) is 39.0 Å². The third kappa shape index (κ3) is 3.73. The van der Waals surface area contributed by atoms with Crippen LogP contribution in [0.3, 0.4) is 0 Å². The lowest BCUT2D eigenvalue weighted by molar-refractivity contribution is -0.128. The van der Waals surface area contributed by atoms with Gasteiger partial charge in [0.25, 0.3) is 5.91 Å². The molecule has 104 valence electrons. The Morgan fingerprint density at radius 3 is 2.37 bits per heavy atom. The number of amides is 1. The van der Waals surface area contributed by atoms with Gasteiger partial charge in [-0.15, -0.1) is 0 Å². The minimum atomic E-state index is -0.0834. The molecule has 19 heavy (non-hydrogen) atoms. The fourth-order valence-corrected chi connectivity index (χ4v) is 2.74. The molecule has 2 saturated heterocycles. The van der Waals surface area contributed by atoms with E-state index < -0.39 is 0 Å². The van der Waals surface area contributed by atoms with Crippen molar-refractivity contribution >= 4 is 5.91 Å². The van der Waals surface area contributed by atoms with E-state index in [-0.39, 0.29) is 5.91 Å². The average Bonchev–Trinajstić information content (AvgIpc) is 2.46. The number of nitrogens with zero attached hydrogens (tertiary/aromatic N) is 3. The lowest BCUT2D eigenvalue weighted by atomic mass is 9.99. The Bertz CT molecular complexity index is 383. The van der Waals surface area contributed by atoms with Gasteiger partial charge in [0, 0.05) is 32.4 Å². The highest BCUT2D eigenvalue weighted by Gasteiger charge is 2.23. The Labute approximate surface area is 115 Å². The second-order valence-electron chi connectivity index (χ2n) is 5.73. The molecule has 2 aliphatic rings. The first-order valence-corrected chi connectivity index (χ1v) is 7.36. The number of carbonyl (C=O) groups excluding carboxylic acids is 1. The van der Waals surface area contributed by atoms with Crippen LogP contribution >= 0.6 is 0 Å². The Morgan fingerprint density at radius 1 is 1.16 bits per heavy atom. The number of likely N-dealkylation sites (tertiary alicyclic amines) is 2. The molecule has 0 aromatic rings. The summed E-state index contributed by atoms with van der Waals surface area (Å²) in [6, 6.07) is 2.09. The molecule has 0 spiro atoms. The van der Waals surface area contributed by atoms with Gasteiger partial charge in [-0.2, -0.15) is 5.26 Å². The first kappa shape index (κ1) is 13.9. The monoisotopic (exact) mass is 261 g/mol. The first-order valence-electron chi connectivity index (χ1n) is 7.36. The summed E-state index contributed by atoms with van der Waals surface area (Å²) in [7, 11) is 0. The van der Waals surface area contributed by atoms with E-state index in [1.54, 1.807) is 6.20 Å². The van der Waals surface area contributed by atoms with Crippen molar-refractivity contribution in [1.82, 2.24) is 9.80 Å². The SMILES string of the molecule is CC1CCN(C(=O)/C(C#N)=C\N2CCCCC2)CC1. The predicted molar refractivity (Wildman–Crippen MR) is 74.1 cm³/mol. The molecule has 2 heterocycles. The van der Waals surface area contributed by atoms with Crippen LogP contribution < -0.4 is 0 Å². The molecule has 2 rings (SSSR count). The zero-order chi connectivity index (χ0) is 13.7. The van der Waals surface area contributed by atoms with Crippen molar-refractivity contribution < 1.29 is 4.79 Å². The molecular weight excluding hydrogens is 238 g/mol. The van der Waals surface area contributed by atoms with Gasteiger partial charge in [0.15, 0.2) is 0 Å². The predicted octanol–water partition coefficient (Wildman–Crippen LogP) is 2.14. The second-order valence-corrected chi connectivity index (χ2v) is 5.73. The molecule has 2 fully saturated rings. The minimum Gasteiger partial charge on any atom is -0.376 e. The lowest BCUT2D eigenvalue weighted by Crippen LogP contribution is -2.39. The molecule has 1 amide bonds. The Hall–Kier alpha value is -1.50. The highest BCUT2D eigenvalue weighted by molar-refractivity contribution is 5.97. The maximum Gasteiger partial charge on any atom is 0.266 e. The van der Waals surface area contributed by atoms with E-state index in [2.05, 4.69) is 17.9 Å². The smallest absolute Gasteiger partial charge is 0.266 e. The van der Waals surface area contributed by atoms with E-state index in [0.717, 1.165) is 51.9 Å². The van der Waals surface area contributed by atoms with Crippen LogP contribution in [0.2, 0.25) is 0 Å². The summed E-state index contributed by atoms with van der Waals surface area (Å²) in [5, 5.41) is 9.22. The van der Waals surface area contributed by atoms with Crippen molar-refractivity contribution in [2.24, 2.45) is 5.92 Å². The molecule has 4 nitrogen and oxygen atoms in total. The van der Waals surface area contributed by atoms with Crippen LogP contribution in [-0.4, -0.2) is 41.9 Å². The molecule has 0 aromatic carbocycles. The van der Waals surface area contributed by atoms with Crippen molar-refractivity contribution in [3.8, 4) is 6.07 Å². The zero-order valence-electron chi connectivity index (χ0n) is 11.8. The third-order valence-electron chi connectivity index (χ3n) is 4.12. The van der Waals surface area contributed by atoms with E-state index in [4.69, 9.17) is 0 Å². The fraction of sp³-hybridized carbons (Fsp3) is 0.733. The fourth-order valence-electron chi connectivity index (χ4n) is 2.74. The van der Waals surface area contributed by atoms with Crippen molar-refractivity contribution in [3.05, 3.63) is 11.8 Å². The summed E-state index contributed by atoms with van der Waals surface area (Å²) in [4.78, 5) is 16.3. The molecular formula is C15H23N3O. The molecule has 0 aromatic heterocycles. The van der Waals surface area contributed by atoms with Gasteiger partial charge in [-0.3, -0.25) is 4.79 Å². The Kier molecular flexibility index (Phi) is 4.84. The summed E-state index contributed by atoms with van der Waals surface area (Å²) in [6.07, 6.45) is 7.45. The highest BCUT2D eigenvalue weighted by Crippen LogP contribution is 2.18. The molecule has 0 saturated carbocycles. The number of carbonyl (C=O) groups is 1. The van der Waals surface area contributed by atoms with Gasteiger partial charge < -0.3 is 9.80 Å². The van der Waals surface area contributed by atoms with E-state index in [9.17, 15) is 10.1 Å². The number of rotatable bonds is 2. The summed E-state index contributed by atoms with van der Waals surface area (Å²) in [5.74, 6) is 0.612. The quantitative estimate of drug-likeness (QED) is 0.565. The summed E-state index contributed by atoms with van der Waals surface area (Å²) >= 11 is 0. The summed E-state index contributed by atoms with van der Waals surface area (Å²) in [5.41, 5.74) is 0.302. The van der Waals surface area contributed by atoms with Crippen LogP contribution in [-0.2, 0) is 4.79 Å². The van der Waals surface area contributed by atoms with E-state index in [1.807, 2.05) is 4.90 Å². The van der Waals surface area contributed by atoms with E-state index in [1.165, 1.54) is 6.42 Å². The number of hydrogen-bond donors (Lipinski definition) is 0. The topological polar surface area (TPSA) is 47.3 Å². The Morgan fingerprint density at radius 2 is 1.79 bits per heavy atom. The zero-order valence-corrected chi connectivity index (χ0v) is 11.8. The van der Waals surface area contributed by atoms with Gasteiger partial charge in [-0.05, 0) is 38.0 Å². The maximum atomic E-state index is 12.3. The van der Waals surface area contributed by atoms with Crippen molar-refractivity contribution in [2.45, 2.75) is 39.0 Å². The largest absolute Gasteiger partial charge is 0.376 e. The standard InChI is InChI=1S/C15H23N3O/c1-13-5-9-18(10-6-13)15(19)14(11-16)12-17-7-3-2-4-8-17/h12-13H,2-10H2,1H3/b14-12-. The molecule has 0 radical (unpaired) electrons. The van der Waals surface area contributed by atoms with Gasteiger partial charge in [-0.25, -0.2) is 0 Å². The molecule has 0 aliphatic carbocycles. The van der Waals surface area contributed by atoms with Crippen molar-refractivity contribution in [1.29, 1.82) is 5.26 Å². The number of hydrogen-bond acceptors (Lipinski definition) is 3. The lowest BCUT2D eigenvalue weighted by Gasteiger charge is -2.31. The maximum absolute atomic E-state index is 12.3. The van der Waals surface area contributed by atoms with Crippen LogP contribution in [0.25, 0.3) is 0 Å². The van der Waals surface area contributed by atoms with Gasteiger partial charge in [-0.1, -0.05) is 6.92 Å². The molecule has 0 bridgehead atoms. The molecule has 0 atom stereocenters. The van der Waals surface area contributed by atoms with Crippen LogP contribution in [0.5, 0.6) is 0 Å². The number of nitriles is 1. The second kappa shape index (κ2) is 6.60. The van der Waals surface area contributed by atoms with Gasteiger partial charge >= 0.3 is 0 Å². The van der Waals surface area contributed by atoms with Gasteiger partial charge in [0.2, 0.25) is 0 Å². The molecule has 2 aliphatic heterocycles. The summed E-state index contributed by atoms with van der Waals surface area (Å²) in [6.45, 7) is 5.74. The van der Waals surface area contributed by atoms with E-state index in [0.29, 0.717) is 11.5 Å². The number of piperidine rings is 2. The van der Waals surface area contributed by atoms with Crippen LogP contribution in [0, 0.1) is 17.2 Å². The van der Waals surface area contributed by atoms with E-state index >= 15 is 0 Å². The average molecular weight is 261 g/mol. The first-order chi connectivity index (χ1) is 9.20. The van der Waals surface area contributed by atoms with Gasteiger partial charge in [0.05, 0.1) is 0 Å². The van der Waals surface area contributed by atoms with Crippen LogP contribution in [0.15, 0.2) is 11.8 Å². The molecule has 0 unspecified atom stereocenters. The Balaban J connectivity index is 1.98. The van der Waals surface area contributed by atoms with Gasteiger partial charge in [0.1, 0.15) is 11.6 Å². The highest BCUT2D eigenvalue weighted by atomic mass is 16.2. The van der Waals surface area contributed by atoms with Crippen LogP contribution in [0.4, 0.5) is 0 Å². The molecule has 0 N–H and O–H groups in total.